The summed E-state index contributed by atoms with van der Waals surface area (Å²) in [5.74, 6) is 0.0358. The number of nitrogens with zero attached hydrogens (tertiary/aromatic N) is 3. The van der Waals surface area contributed by atoms with E-state index in [1.165, 1.54) is 28.2 Å². The van der Waals surface area contributed by atoms with Crippen molar-refractivity contribution < 1.29 is 18.0 Å². The summed E-state index contributed by atoms with van der Waals surface area (Å²) >= 11 is 1.32. The van der Waals surface area contributed by atoms with Crippen molar-refractivity contribution >= 4 is 23.1 Å². The number of anilines is 1. The lowest BCUT2D eigenvalue weighted by molar-refractivity contribution is -0.141. The Hall–Kier alpha value is -3.46. The Morgan fingerprint density at radius 2 is 1.83 bits per heavy atom. The fourth-order valence-electron chi connectivity index (χ4n) is 2.70. The molecule has 4 rings (SSSR count). The summed E-state index contributed by atoms with van der Waals surface area (Å²) in [6, 6.07) is 15.8. The second-order valence-electron chi connectivity index (χ2n) is 6.02. The highest BCUT2D eigenvalue weighted by Crippen LogP contribution is 2.34. The summed E-state index contributed by atoms with van der Waals surface area (Å²) in [5, 5.41) is 8.18. The summed E-state index contributed by atoms with van der Waals surface area (Å²) in [4.78, 5) is 17.0. The van der Waals surface area contributed by atoms with Crippen LogP contribution in [-0.2, 0) is 6.18 Å². The minimum atomic E-state index is -4.56. The van der Waals surface area contributed by atoms with Gasteiger partial charge < -0.3 is 5.32 Å². The molecule has 0 atom stereocenters. The highest BCUT2D eigenvalue weighted by molar-refractivity contribution is 7.13. The van der Waals surface area contributed by atoms with E-state index in [9.17, 15) is 18.0 Å². The van der Waals surface area contributed by atoms with Gasteiger partial charge in [-0.3, -0.25) is 4.79 Å². The zero-order valence-corrected chi connectivity index (χ0v) is 15.5. The summed E-state index contributed by atoms with van der Waals surface area (Å²) in [5.41, 5.74) is 0.120. The minimum absolute atomic E-state index is 0.331. The molecule has 0 aliphatic heterocycles. The van der Waals surface area contributed by atoms with E-state index in [0.29, 0.717) is 27.6 Å². The van der Waals surface area contributed by atoms with Crippen molar-refractivity contribution in [3.05, 3.63) is 83.5 Å². The molecule has 0 bridgehead atoms. The lowest BCUT2D eigenvalue weighted by Gasteiger charge is -2.08. The van der Waals surface area contributed by atoms with Gasteiger partial charge in [0, 0.05) is 11.8 Å². The monoisotopic (exact) mass is 414 g/mol. The van der Waals surface area contributed by atoms with E-state index >= 15 is 0 Å². The molecule has 0 aliphatic carbocycles. The van der Waals surface area contributed by atoms with E-state index in [-0.39, 0.29) is 5.91 Å². The Kier molecular flexibility index (Phi) is 4.89. The van der Waals surface area contributed by atoms with Crippen molar-refractivity contribution in [2.24, 2.45) is 0 Å². The van der Waals surface area contributed by atoms with E-state index in [1.54, 1.807) is 54.0 Å². The molecule has 1 amide bonds. The number of aromatic nitrogens is 3. The predicted octanol–water partition coefficient (Wildman–Crippen LogP) is 5.27. The van der Waals surface area contributed by atoms with Crippen LogP contribution in [0, 0.1) is 0 Å². The van der Waals surface area contributed by atoms with Crippen LogP contribution in [-0.4, -0.2) is 20.7 Å². The van der Waals surface area contributed by atoms with Gasteiger partial charge >= 0.3 is 6.18 Å². The lowest BCUT2D eigenvalue weighted by atomic mass is 10.2. The molecule has 0 saturated heterocycles. The van der Waals surface area contributed by atoms with Crippen LogP contribution in [0.3, 0.4) is 0 Å². The van der Waals surface area contributed by atoms with Crippen molar-refractivity contribution in [3.8, 4) is 16.3 Å². The second-order valence-corrected chi connectivity index (χ2v) is 6.97. The normalized spacial score (nSPS) is 11.4. The first-order valence-electron chi connectivity index (χ1n) is 8.46. The summed E-state index contributed by atoms with van der Waals surface area (Å²) in [6.07, 6.45) is -3.00. The van der Waals surface area contributed by atoms with Crippen LogP contribution < -0.4 is 5.32 Å². The van der Waals surface area contributed by atoms with E-state index in [4.69, 9.17) is 0 Å². The number of thiophene rings is 1. The first-order chi connectivity index (χ1) is 13.9. The first-order valence-corrected chi connectivity index (χ1v) is 9.34. The van der Waals surface area contributed by atoms with Crippen molar-refractivity contribution in [1.82, 2.24) is 14.8 Å². The van der Waals surface area contributed by atoms with Crippen molar-refractivity contribution in [2.45, 2.75) is 6.18 Å². The van der Waals surface area contributed by atoms with Gasteiger partial charge in [-0.2, -0.15) is 18.3 Å². The molecule has 0 fully saturated rings. The van der Waals surface area contributed by atoms with Crippen molar-refractivity contribution in [2.75, 3.05) is 5.32 Å². The van der Waals surface area contributed by atoms with Crippen LogP contribution in [0.5, 0.6) is 0 Å². The number of rotatable bonds is 4. The molecule has 0 spiro atoms. The maximum absolute atomic E-state index is 13.2. The molecule has 0 aliphatic rings. The number of hydrogen-bond donors (Lipinski definition) is 1. The number of carbonyl (C=O) groups excluding carboxylic acids is 1. The number of hydrogen-bond acceptors (Lipinski definition) is 4. The molecule has 0 saturated carbocycles. The standard InChI is InChI=1S/C20H13F3N4OS/c21-20(22,23)17-12-15(16-4-3-11-29-16)27(26-17)14-8-6-13(7-9-14)19(28)25-18-5-1-2-10-24-18/h1-12H,(H,24,25,28). The molecule has 5 nitrogen and oxygen atoms in total. The molecule has 0 unspecified atom stereocenters. The van der Waals surface area contributed by atoms with Crippen LogP contribution in [0.1, 0.15) is 16.1 Å². The fraction of sp³-hybridized carbons (Fsp3) is 0.0500. The largest absolute Gasteiger partial charge is 0.435 e. The molecule has 3 heterocycles. The molecule has 4 aromatic rings. The number of amides is 1. The summed E-state index contributed by atoms with van der Waals surface area (Å²) in [6.45, 7) is 0. The summed E-state index contributed by atoms with van der Waals surface area (Å²) in [7, 11) is 0. The van der Waals surface area contributed by atoms with E-state index in [1.807, 2.05) is 0 Å². The zero-order chi connectivity index (χ0) is 20.4. The smallest absolute Gasteiger partial charge is 0.307 e. The third kappa shape index (κ3) is 4.04. The van der Waals surface area contributed by atoms with Crippen LogP contribution in [0.15, 0.2) is 72.2 Å². The van der Waals surface area contributed by atoms with Crippen LogP contribution in [0.2, 0.25) is 0 Å². The molecule has 146 valence electrons. The molecular formula is C20H13F3N4OS. The van der Waals surface area contributed by atoms with Crippen molar-refractivity contribution in [3.63, 3.8) is 0 Å². The molecule has 9 heteroatoms. The van der Waals surface area contributed by atoms with Gasteiger partial charge in [-0.05, 0) is 53.9 Å². The molecule has 3 aromatic heterocycles. The lowest BCUT2D eigenvalue weighted by Crippen LogP contribution is -2.13. The molecule has 29 heavy (non-hydrogen) atoms. The number of carbonyl (C=O) groups is 1. The highest BCUT2D eigenvalue weighted by Gasteiger charge is 2.35. The molecule has 0 radical (unpaired) electrons. The van der Waals surface area contributed by atoms with Crippen LogP contribution in [0.4, 0.5) is 19.0 Å². The number of benzene rings is 1. The predicted molar refractivity (Wildman–Crippen MR) is 104 cm³/mol. The quantitative estimate of drug-likeness (QED) is 0.495. The van der Waals surface area contributed by atoms with Gasteiger partial charge in [-0.15, -0.1) is 11.3 Å². The van der Waals surface area contributed by atoms with Gasteiger partial charge in [-0.1, -0.05) is 12.1 Å². The van der Waals surface area contributed by atoms with Gasteiger partial charge in [0.15, 0.2) is 5.69 Å². The third-order valence-corrected chi connectivity index (χ3v) is 4.95. The van der Waals surface area contributed by atoms with Crippen LogP contribution >= 0.6 is 11.3 Å². The van der Waals surface area contributed by atoms with Gasteiger partial charge in [-0.25, -0.2) is 9.67 Å². The van der Waals surface area contributed by atoms with Gasteiger partial charge in [0.1, 0.15) is 5.82 Å². The third-order valence-electron chi connectivity index (χ3n) is 4.05. The number of halogens is 3. The first kappa shape index (κ1) is 18.9. The Morgan fingerprint density at radius 3 is 2.45 bits per heavy atom. The van der Waals surface area contributed by atoms with Gasteiger partial charge in [0.25, 0.3) is 5.91 Å². The topological polar surface area (TPSA) is 59.8 Å². The molecule has 1 N–H and O–H groups in total. The maximum Gasteiger partial charge on any atom is 0.435 e. The van der Waals surface area contributed by atoms with Gasteiger partial charge in [0.2, 0.25) is 0 Å². The number of nitrogens with one attached hydrogen (secondary N) is 1. The molecular weight excluding hydrogens is 401 g/mol. The number of alkyl halides is 3. The number of pyridine rings is 1. The zero-order valence-electron chi connectivity index (χ0n) is 14.7. The summed E-state index contributed by atoms with van der Waals surface area (Å²) < 4.78 is 40.8. The average Bonchev–Trinajstić information content (AvgIpc) is 3.38. The second kappa shape index (κ2) is 7.51. The minimum Gasteiger partial charge on any atom is -0.307 e. The van der Waals surface area contributed by atoms with Gasteiger partial charge in [0.05, 0.1) is 16.3 Å². The van der Waals surface area contributed by atoms with E-state index < -0.39 is 11.9 Å². The Morgan fingerprint density at radius 1 is 1.03 bits per heavy atom. The highest BCUT2D eigenvalue weighted by atomic mass is 32.1. The molecule has 1 aromatic carbocycles. The Labute approximate surface area is 167 Å². The van der Waals surface area contributed by atoms with Crippen molar-refractivity contribution in [1.29, 1.82) is 0 Å². The van der Waals surface area contributed by atoms with E-state index in [2.05, 4.69) is 15.4 Å². The Balaban J connectivity index is 1.65. The van der Waals surface area contributed by atoms with E-state index in [0.717, 1.165) is 6.07 Å². The van der Waals surface area contributed by atoms with Crippen LogP contribution in [0.25, 0.3) is 16.3 Å². The maximum atomic E-state index is 13.2. The SMILES string of the molecule is O=C(Nc1ccccn1)c1ccc(-n2nc(C(F)(F)F)cc2-c2cccs2)cc1. The average molecular weight is 414 g/mol. The Bertz CT molecular complexity index is 1120. The fourth-order valence-corrected chi connectivity index (χ4v) is 3.42.